The van der Waals surface area contributed by atoms with Gasteiger partial charge in [-0.15, -0.1) is 0 Å². The van der Waals surface area contributed by atoms with Crippen molar-refractivity contribution in [1.82, 2.24) is 10.6 Å². The molecule has 5 heteroatoms. The van der Waals surface area contributed by atoms with Crippen LogP contribution in [0.25, 0.3) is 44.2 Å². The number of aliphatic imine (C=N–C) groups is 1. The minimum Gasteiger partial charge on any atom is -0.456 e. The van der Waals surface area contributed by atoms with E-state index in [-0.39, 0.29) is 12.3 Å². The maximum Gasteiger partial charge on any atom is 0.135 e. The van der Waals surface area contributed by atoms with E-state index >= 15 is 0 Å². The summed E-state index contributed by atoms with van der Waals surface area (Å²) >= 11 is 6.42. The SMILES string of the molecule is Clc1ccc2oc3cccc(C4NC(c5ccc(-c6ccc(-c7ccccc7)cc6)cc5)=NC(c5ccccc5)N4)c3c2c1. The van der Waals surface area contributed by atoms with Gasteiger partial charge < -0.3 is 9.73 Å². The zero-order chi connectivity index (χ0) is 29.5. The van der Waals surface area contributed by atoms with Crippen molar-refractivity contribution in [1.29, 1.82) is 0 Å². The third-order valence-electron chi connectivity index (χ3n) is 8.26. The first-order valence-corrected chi connectivity index (χ1v) is 15.1. The van der Waals surface area contributed by atoms with E-state index in [1.54, 1.807) is 0 Å². The molecule has 1 aliphatic rings. The number of nitrogens with one attached hydrogen (secondary N) is 2. The van der Waals surface area contributed by atoms with E-state index in [1.807, 2.05) is 54.6 Å². The molecule has 0 fully saturated rings. The third kappa shape index (κ3) is 4.94. The molecular formula is C39H28ClN3O. The molecule has 2 unspecified atom stereocenters. The lowest BCUT2D eigenvalue weighted by Crippen LogP contribution is -2.45. The van der Waals surface area contributed by atoms with Crippen LogP contribution >= 0.6 is 11.6 Å². The molecule has 44 heavy (non-hydrogen) atoms. The van der Waals surface area contributed by atoms with Gasteiger partial charge in [0.15, 0.2) is 0 Å². The van der Waals surface area contributed by atoms with E-state index in [0.29, 0.717) is 5.02 Å². The van der Waals surface area contributed by atoms with Gasteiger partial charge in [-0.3, -0.25) is 5.32 Å². The molecule has 2 heterocycles. The van der Waals surface area contributed by atoms with Crippen molar-refractivity contribution in [3.8, 4) is 22.3 Å². The molecule has 0 bridgehead atoms. The summed E-state index contributed by atoms with van der Waals surface area (Å²) in [4.78, 5) is 5.14. The van der Waals surface area contributed by atoms with Crippen LogP contribution in [0.3, 0.4) is 0 Å². The maximum absolute atomic E-state index is 6.42. The lowest BCUT2D eigenvalue weighted by atomic mass is 9.99. The number of nitrogens with zero attached hydrogens (tertiary/aromatic N) is 1. The van der Waals surface area contributed by atoms with Gasteiger partial charge in [0.05, 0.1) is 0 Å². The molecule has 212 valence electrons. The molecule has 0 saturated heterocycles. The van der Waals surface area contributed by atoms with E-state index in [1.165, 1.54) is 16.7 Å². The molecule has 1 aromatic heterocycles. The second-order valence-corrected chi connectivity index (χ2v) is 11.5. The van der Waals surface area contributed by atoms with Crippen LogP contribution in [-0.4, -0.2) is 5.84 Å². The Morgan fingerprint density at radius 1 is 0.568 bits per heavy atom. The fourth-order valence-corrected chi connectivity index (χ4v) is 6.22. The van der Waals surface area contributed by atoms with Gasteiger partial charge >= 0.3 is 0 Å². The van der Waals surface area contributed by atoms with Gasteiger partial charge in [0, 0.05) is 26.9 Å². The van der Waals surface area contributed by atoms with E-state index in [9.17, 15) is 0 Å². The molecule has 0 amide bonds. The molecule has 7 aromatic rings. The summed E-state index contributed by atoms with van der Waals surface area (Å²) in [7, 11) is 0. The van der Waals surface area contributed by atoms with E-state index in [2.05, 4.69) is 102 Å². The van der Waals surface area contributed by atoms with Crippen molar-refractivity contribution < 1.29 is 4.42 Å². The number of hydrogen-bond donors (Lipinski definition) is 2. The maximum atomic E-state index is 6.42. The van der Waals surface area contributed by atoms with Crippen molar-refractivity contribution in [3.05, 3.63) is 167 Å². The molecule has 0 spiro atoms. The Kier molecular flexibility index (Phi) is 6.71. The van der Waals surface area contributed by atoms with Gasteiger partial charge in [-0.05, 0) is 52.1 Å². The normalized spacial score (nSPS) is 16.5. The van der Waals surface area contributed by atoms with Gasteiger partial charge in [0.2, 0.25) is 0 Å². The lowest BCUT2D eigenvalue weighted by molar-refractivity contribution is 0.411. The van der Waals surface area contributed by atoms with Crippen LogP contribution in [0.2, 0.25) is 5.02 Å². The molecule has 2 atom stereocenters. The van der Waals surface area contributed by atoms with Crippen LogP contribution in [0.4, 0.5) is 0 Å². The van der Waals surface area contributed by atoms with Crippen LogP contribution in [-0.2, 0) is 0 Å². The largest absolute Gasteiger partial charge is 0.456 e. The second-order valence-electron chi connectivity index (χ2n) is 11.0. The molecule has 8 rings (SSSR count). The first kappa shape index (κ1) is 26.5. The fourth-order valence-electron chi connectivity index (χ4n) is 6.04. The third-order valence-corrected chi connectivity index (χ3v) is 8.50. The number of benzene rings is 6. The van der Waals surface area contributed by atoms with Gasteiger partial charge in [0.1, 0.15) is 29.3 Å². The highest BCUT2D eigenvalue weighted by Crippen LogP contribution is 2.37. The summed E-state index contributed by atoms with van der Waals surface area (Å²) < 4.78 is 6.21. The van der Waals surface area contributed by atoms with Crippen LogP contribution in [0, 0.1) is 0 Å². The average Bonchev–Trinajstić information content (AvgIpc) is 3.47. The fraction of sp³-hybridized carbons (Fsp3) is 0.0513. The molecule has 0 aliphatic carbocycles. The van der Waals surface area contributed by atoms with Gasteiger partial charge in [-0.25, -0.2) is 4.99 Å². The highest BCUT2D eigenvalue weighted by molar-refractivity contribution is 6.31. The highest BCUT2D eigenvalue weighted by Gasteiger charge is 2.27. The first-order valence-electron chi connectivity index (χ1n) is 14.7. The Morgan fingerprint density at radius 3 is 1.86 bits per heavy atom. The summed E-state index contributed by atoms with van der Waals surface area (Å²) in [6.07, 6.45) is -0.457. The lowest BCUT2D eigenvalue weighted by Gasteiger charge is -2.32. The summed E-state index contributed by atoms with van der Waals surface area (Å²) in [5.41, 5.74) is 9.59. The smallest absolute Gasteiger partial charge is 0.135 e. The summed E-state index contributed by atoms with van der Waals surface area (Å²) in [5, 5.41) is 10.1. The topological polar surface area (TPSA) is 49.6 Å². The van der Waals surface area contributed by atoms with Gasteiger partial charge in [-0.1, -0.05) is 133 Å². The molecule has 2 N–H and O–H groups in total. The predicted molar refractivity (Wildman–Crippen MR) is 181 cm³/mol. The quantitative estimate of drug-likeness (QED) is 0.210. The zero-order valence-electron chi connectivity index (χ0n) is 23.7. The van der Waals surface area contributed by atoms with Crippen molar-refractivity contribution in [3.63, 3.8) is 0 Å². The standard InChI is InChI=1S/C39H28ClN3O/c40-31-22-23-34-33(24-31)36-32(12-7-13-35(36)44-34)39-42-37(29-10-5-2-6-11-29)41-38(43-39)30-20-18-28(19-21-30)27-16-14-26(15-17-27)25-8-3-1-4-9-25/h1-24,37,39,42H,(H,41,43). The number of fused-ring (bicyclic) bond motifs is 3. The number of halogens is 1. The Labute approximate surface area is 260 Å². The monoisotopic (exact) mass is 589 g/mol. The number of amidine groups is 1. The second kappa shape index (κ2) is 11.2. The summed E-state index contributed by atoms with van der Waals surface area (Å²) in [5.74, 6) is 0.830. The number of hydrogen-bond acceptors (Lipinski definition) is 4. The van der Waals surface area contributed by atoms with Crippen LogP contribution in [0.5, 0.6) is 0 Å². The van der Waals surface area contributed by atoms with Crippen molar-refractivity contribution in [2.45, 2.75) is 12.3 Å². The Hall–Kier alpha value is -5.16. The van der Waals surface area contributed by atoms with Crippen LogP contribution in [0.15, 0.2) is 155 Å². The van der Waals surface area contributed by atoms with E-state index < -0.39 is 0 Å². The predicted octanol–water partition coefficient (Wildman–Crippen LogP) is 9.91. The summed E-state index contributed by atoms with van der Waals surface area (Å²) in [6.45, 7) is 0. The van der Waals surface area contributed by atoms with Crippen LogP contribution < -0.4 is 10.6 Å². The van der Waals surface area contributed by atoms with Crippen LogP contribution in [0.1, 0.15) is 29.0 Å². The molecule has 0 saturated carbocycles. The Bertz CT molecular complexity index is 2120. The first-order chi connectivity index (χ1) is 21.7. The number of rotatable bonds is 5. The summed E-state index contributed by atoms with van der Waals surface area (Å²) in [6, 6.07) is 50.1. The Balaban J connectivity index is 1.15. The van der Waals surface area contributed by atoms with Crippen molar-refractivity contribution in [2.24, 2.45) is 4.99 Å². The molecule has 0 radical (unpaired) electrons. The van der Waals surface area contributed by atoms with Gasteiger partial charge in [0.25, 0.3) is 0 Å². The minimum atomic E-state index is -0.236. The molecular weight excluding hydrogens is 562 g/mol. The molecule has 4 nitrogen and oxygen atoms in total. The van der Waals surface area contributed by atoms with E-state index in [4.69, 9.17) is 21.0 Å². The van der Waals surface area contributed by atoms with Crippen molar-refractivity contribution in [2.75, 3.05) is 0 Å². The minimum absolute atomic E-state index is 0.221. The highest BCUT2D eigenvalue weighted by atomic mass is 35.5. The molecule has 1 aliphatic heterocycles. The van der Waals surface area contributed by atoms with E-state index in [0.717, 1.165) is 50.0 Å². The molecule has 6 aromatic carbocycles. The Morgan fingerprint density at radius 2 is 1.18 bits per heavy atom. The van der Waals surface area contributed by atoms with Crippen molar-refractivity contribution >= 4 is 39.4 Å². The zero-order valence-corrected chi connectivity index (χ0v) is 24.5. The number of furan rings is 1. The average molecular weight is 590 g/mol. The van der Waals surface area contributed by atoms with Gasteiger partial charge in [-0.2, -0.15) is 0 Å².